The van der Waals surface area contributed by atoms with Gasteiger partial charge in [-0.15, -0.1) is 0 Å². The highest BCUT2D eigenvalue weighted by atomic mass is 15.1. The van der Waals surface area contributed by atoms with Crippen molar-refractivity contribution in [3.05, 3.63) is 29.8 Å². The lowest BCUT2D eigenvalue weighted by Crippen LogP contribution is -2.42. The van der Waals surface area contributed by atoms with Crippen LogP contribution in [-0.2, 0) is 0 Å². The lowest BCUT2D eigenvalue weighted by Gasteiger charge is -2.33. The van der Waals surface area contributed by atoms with E-state index in [1.165, 1.54) is 36.9 Å². The van der Waals surface area contributed by atoms with Crippen molar-refractivity contribution in [1.82, 2.24) is 0 Å². The van der Waals surface area contributed by atoms with Crippen molar-refractivity contribution in [2.75, 3.05) is 18.5 Å². The van der Waals surface area contributed by atoms with Crippen LogP contribution in [0, 0.1) is 12.8 Å². The molecule has 0 spiro atoms. The number of hydrogen-bond donors (Lipinski definition) is 1. The van der Waals surface area contributed by atoms with Gasteiger partial charge in [0.1, 0.15) is 0 Å². The quantitative estimate of drug-likeness (QED) is 0.865. The number of hydrogen-bond acceptors (Lipinski definition) is 2. The van der Waals surface area contributed by atoms with Gasteiger partial charge in [0.05, 0.1) is 0 Å². The number of nitrogens with zero attached hydrogens (tertiary/aromatic N) is 1. The summed E-state index contributed by atoms with van der Waals surface area (Å²) >= 11 is 0. The van der Waals surface area contributed by atoms with E-state index in [4.69, 9.17) is 5.73 Å². The first-order chi connectivity index (χ1) is 8.22. The summed E-state index contributed by atoms with van der Waals surface area (Å²) < 4.78 is 0. The van der Waals surface area contributed by atoms with Crippen molar-refractivity contribution in [2.45, 2.75) is 38.6 Å². The average molecular weight is 232 g/mol. The fourth-order valence-electron chi connectivity index (χ4n) is 3.05. The van der Waals surface area contributed by atoms with E-state index < -0.39 is 0 Å². The Balaban J connectivity index is 2.13. The zero-order valence-electron chi connectivity index (χ0n) is 11.0. The molecule has 1 aromatic carbocycles. The molecule has 0 aromatic heterocycles. The molecular formula is C15H24N2. The standard InChI is InChI=1S/C15H24N2/c1-12-6-5-9-14(10-12)17(2)15(11-16)13-7-3-4-8-13/h5-6,9-10,13,15H,3-4,7-8,11,16H2,1-2H3. The molecule has 1 atom stereocenters. The van der Waals surface area contributed by atoms with Gasteiger partial charge in [-0.05, 0) is 43.4 Å². The van der Waals surface area contributed by atoms with E-state index in [-0.39, 0.29) is 0 Å². The van der Waals surface area contributed by atoms with Crippen LogP contribution in [0.15, 0.2) is 24.3 Å². The smallest absolute Gasteiger partial charge is 0.0437 e. The van der Waals surface area contributed by atoms with Crippen LogP contribution in [-0.4, -0.2) is 19.6 Å². The van der Waals surface area contributed by atoms with Gasteiger partial charge in [0.15, 0.2) is 0 Å². The van der Waals surface area contributed by atoms with Crippen molar-refractivity contribution in [2.24, 2.45) is 11.7 Å². The first-order valence-corrected chi connectivity index (χ1v) is 6.72. The second kappa shape index (κ2) is 5.54. The summed E-state index contributed by atoms with van der Waals surface area (Å²) in [6, 6.07) is 9.20. The number of benzene rings is 1. The van der Waals surface area contributed by atoms with Crippen LogP contribution < -0.4 is 10.6 Å². The van der Waals surface area contributed by atoms with E-state index in [2.05, 4.69) is 43.1 Å². The van der Waals surface area contributed by atoms with E-state index in [0.29, 0.717) is 6.04 Å². The van der Waals surface area contributed by atoms with E-state index in [1.54, 1.807) is 0 Å². The fourth-order valence-corrected chi connectivity index (χ4v) is 3.05. The zero-order chi connectivity index (χ0) is 12.3. The first kappa shape index (κ1) is 12.4. The zero-order valence-corrected chi connectivity index (χ0v) is 11.0. The van der Waals surface area contributed by atoms with Crippen LogP contribution in [0.25, 0.3) is 0 Å². The Morgan fingerprint density at radius 2 is 2.06 bits per heavy atom. The molecule has 1 aliphatic rings. The van der Waals surface area contributed by atoms with Gasteiger partial charge in [-0.3, -0.25) is 0 Å². The van der Waals surface area contributed by atoms with Crippen LogP contribution in [0.1, 0.15) is 31.2 Å². The van der Waals surface area contributed by atoms with E-state index in [1.807, 2.05) is 0 Å². The second-order valence-electron chi connectivity index (χ2n) is 5.30. The molecule has 2 N–H and O–H groups in total. The van der Waals surface area contributed by atoms with E-state index in [9.17, 15) is 0 Å². The summed E-state index contributed by atoms with van der Waals surface area (Å²) in [5, 5.41) is 0. The molecule has 0 saturated heterocycles. The van der Waals surface area contributed by atoms with Crippen molar-refractivity contribution in [3.8, 4) is 0 Å². The van der Waals surface area contributed by atoms with Crippen molar-refractivity contribution in [1.29, 1.82) is 0 Å². The summed E-state index contributed by atoms with van der Waals surface area (Å²) in [4.78, 5) is 2.38. The maximum Gasteiger partial charge on any atom is 0.0437 e. The lowest BCUT2D eigenvalue weighted by atomic mass is 9.96. The summed E-state index contributed by atoms with van der Waals surface area (Å²) in [5.41, 5.74) is 8.60. The van der Waals surface area contributed by atoms with Gasteiger partial charge >= 0.3 is 0 Å². The molecule has 1 aromatic rings. The number of likely N-dealkylation sites (N-methyl/N-ethyl adjacent to an activating group) is 1. The van der Waals surface area contributed by atoms with Crippen LogP contribution >= 0.6 is 0 Å². The molecule has 94 valence electrons. The van der Waals surface area contributed by atoms with E-state index in [0.717, 1.165) is 12.5 Å². The number of aryl methyl sites for hydroxylation is 1. The second-order valence-corrected chi connectivity index (χ2v) is 5.30. The molecule has 2 rings (SSSR count). The third kappa shape index (κ3) is 2.81. The normalized spacial score (nSPS) is 18.3. The number of anilines is 1. The van der Waals surface area contributed by atoms with Crippen molar-refractivity contribution >= 4 is 5.69 Å². The predicted octanol–water partition coefficient (Wildman–Crippen LogP) is 2.95. The van der Waals surface area contributed by atoms with Gasteiger partial charge in [-0.25, -0.2) is 0 Å². The molecule has 1 unspecified atom stereocenters. The Labute approximate surface area is 105 Å². The molecule has 1 fully saturated rings. The highest BCUT2D eigenvalue weighted by Crippen LogP contribution is 2.31. The first-order valence-electron chi connectivity index (χ1n) is 6.72. The molecule has 0 heterocycles. The topological polar surface area (TPSA) is 29.3 Å². The molecule has 0 aliphatic heterocycles. The Hall–Kier alpha value is -1.02. The molecule has 0 radical (unpaired) electrons. The summed E-state index contributed by atoms with van der Waals surface area (Å²) in [6.45, 7) is 2.90. The SMILES string of the molecule is Cc1cccc(N(C)C(CN)C2CCCC2)c1. The summed E-state index contributed by atoms with van der Waals surface area (Å²) in [5.74, 6) is 0.783. The minimum absolute atomic E-state index is 0.499. The molecule has 2 heteroatoms. The monoisotopic (exact) mass is 232 g/mol. The van der Waals surface area contributed by atoms with Crippen molar-refractivity contribution < 1.29 is 0 Å². The maximum absolute atomic E-state index is 5.99. The Bertz CT molecular complexity index is 356. The van der Waals surface area contributed by atoms with Crippen LogP contribution in [0.2, 0.25) is 0 Å². The van der Waals surface area contributed by atoms with Gasteiger partial charge in [-0.1, -0.05) is 25.0 Å². The number of rotatable bonds is 4. The van der Waals surface area contributed by atoms with Gasteiger partial charge in [0.25, 0.3) is 0 Å². The predicted molar refractivity (Wildman–Crippen MR) is 74.4 cm³/mol. The van der Waals surface area contributed by atoms with Crippen LogP contribution in [0.5, 0.6) is 0 Å². The lowest BCUT2D eigenvalue weighted by molar-refractivity contribution is 0.422. The van der Waals surface area contributed by atoms with Gasteiger partial charge in [0.2, 0.25) is 0 Å². The van der Waals surface area contributed by atoms with E-state index >= 15 is 0 Å². The van der Waals surface area contributed by atoms with Gasteiger partial charge in [-0.2, -0.15) is 0 Å². The third-order valence-electron chi connectivity index (χ3n) is 4.09. The fraction of sp³-hybridized carbons (Fsp3) is 0.600. The molecular weight excluding hydrogens is 208 g/mol. The van der Waals surface area contributed by atoms with Gasteiger partial charge < -0.3 is 10.6 Å². The Kier molecular flexibility index (Phi) is 4.06. The average Bonchev–Trinajstić information content (AvgIpc) is 2.83. The van der Waals surface area contributed by atoms with Crippen molar-refractivity contribution in [3.63, 3.8) is 0 Å². The number of nitrogens with two attached hydrogens (primary N) is 1. The van der Waals surface area contributed by atoms with Crippen LogP contribution in [0.4, 0.5) is 5.69 Å². The molecule has 1 aliphatic carbocycles. The maximum atomic E-state index is 5.99. The third-order valence-corrected chi connectivity index (χ3v) is 4.09. The molecule has 0 bridgehead atoms. The molecule has 0 amide bonds. The molecule has 1 saturated carbocycles. The minimum atomic E-state index is 0.499. The summed E-state index contributed by atoms with van der Waals surface area (Å²) in [6.07, 6.45) is 5.45. The molecule has 17 heavy (non-hydrogen) atoms. The summed E-state index contributed by atoms with van der Waals surface area (Å²) in [7, 11) is 2.19. The minimum Gasteiger partial charge on any atom is -0.370 e. The van der Waals surface area contributed by atoms with Gasteiger partial charge in [0, 0.05) is 25.3 Å². The Morgan fingerprint density at radius 1 is 1.35 bits per heavy atom. The van der Waals surface area contributed by atoms with Crippen LogP contribution in [0.3, 0.4) is 0 Å². The largest absolute Gasteiger partial charge is 0.370 e. The highest BCUT2D eigenvalue weighted by molar-refractivity contribution is 5.48. The highest BCUT2D eigenvalue weighted by Gasteiger charge is 2.27. The Morgan fingerprint density at radius 3 is 2.65 bits per heavy atom. The molecule has 2 nitrogen and oxygen atoms in total.